The molecule has 1 saturated heterocycles. The predicted molar refractivity (Wildman–Crippen MR) is 98.7 cm³/mol. The highest BCUT2D eigenvalue weighted by Crippen LogP contribution is 2.46. The van der Waals surface area contributed by atoms with Crippen molar-refractivity contribution < 1.29 is 14.3 Å². The van der Waals surface area contributed by atoms with E-state index in [0.29, 0.717) is 16.1 Å². The van der Waals surface area contributed by atoms with Crippen molar-refractivity contribution >= 4 is 29.4 Å². The van der Waals surface area contributed by atoms with Crippen molar-refractivity contribution in [1.82, 2.24) is 5.32 Å². The number of amides is 1. The summed E-state index contributed by atoms with van der Waals surface area (Å²) in [5, 5.41) is 2.97. The van der Waals surface area contributed by atoms with Gasteiger partial charge in [0, 0.05) is 17.5 Å². The Balaban J connectivity index is 1.95. The van der Waals surface area contributed by atoms with Gasteiger partial charge in [0.1, 0.15) is 0 Å². The van der Waals surface area contributed by atoms with E-state index in [0.717, 1.165) is 12.8 Å². The van der Waals surface area contributed by atoms with E-state index in [1.165, 1.54) is 17.1 Å². The number of rotatable bonds is 8. The zero-order valence-electron chi connectivity index (χ0n) is 14.0. The van der Waals surface area contributed by atoms with Gasteiger partial charge < -0.3 is 14.8 Å². The first-order chi connectivity index (χ1) is 11.2. The van der Waals surface area contributed by atoms with Crippen LogP contribution >= 0.6 is 23.5 Å². The molecule has 0 radical (unpaired) electrons. The third-order valence-corrected chi connectivity index (χ3v) is 6.90. The molecule has 1 aromatic carbocycles. The van der Waals surface area contributed by atoms with Gasteiger partial charge in [-0.1, -0.05) is 19.9 Å². The second-order valence-electron chi connectivity index (χ2n) is 5.35. The van der Waals surface area contributed by atoms with E-state index < -0.39 is 0 Å². The Morgan fingerprint density at radius 3 is 2.57 bits per heavy atom. The molecule has 1 amide bonds. The molecule has 0 saturated carbocycles. The van der Waals surface area contributed by atoms with E-state index in [4.69, 9.17) is 9.47 Å². The summed E-state index contributed by atoms with van der Waals surface area (Å²) in [6.45, 7) is 4.14. The Kier molecular flexibility index (Phi) is 7.43. The van der Waals surface area contributed by atoms with Crippen LogP contribution in [0.5, 0.6) is 11.5 Å². The molecule has 1 aromatic rings. The summed E-state index contributed by atoms with van der Waals surface area (Å²) in [6, 6.07) is 6.20. The maximum absolute atomic E-state index is 11.9. The first-order valence-corrected chi connectivity index (χ1v) is 10.1. The molecule has 0 atom stereocenters. The summed E-state index contributed by atoms with van der Waals surface area (Å²) in [6.07, 6.45) is 1.86. The van der Waals surface area contributed by atoms with Gasteiger partial charge in [0.05, 0.1) is 11.7 Å². The van der Waals surface area contributed by atoms with Crippen LogP contribution in [0, 0.1) is 0 Å². The summed E-state index contributed by atoms with van der Waals surface area (Å²) < 4.78 is 11.5. The van der Waals surface area contributed by atoms with Gasteiger partial charge in [0.15, 0.2) is 18.1 Å². The Hall–Kier alpha value is -1.01. The molecular weight excluding hydrogens is 330 g/mol. The van der Waals surface area contributed by atoms with Gasteiger partial charge in [-0.15, -0.1) is 23.5 Å². The number of thioether (sulfide) groups is 2. The van der Waals surface area contributed by atoms with Gasteiger partial charge in [0.2, 0.25) is 0 Å². The molecule has 1 aliphatic heterocycles. The largest absolute Gasteiger partial charge is 0.493 e. The molecule has 4 nitrogen and oxygen atoms in total. The molecule has 1 heterocycles. The van der Waals surface area contributed by atoms with Crippen LogP contribution in [0.1, 0.15) is 36.8 Å². The molecular formula is C17H25NO3S2. The molecule has 1 aliphatic rings. The fraction of sp³-hybridized carbons (Fsp3) is 0.588. The Bertz CT molecular complexity index is 515. The summed E-state index contributed by atoms with van der Waals surface area (Å²) in [7, 11) is 1.63. The van der Waals surface area contributed by atoms with E-state index >= 15 is 0 Å². The van der Waals surface area contributed by atoms with Gasteiger partial charge in [-0.2, -0.15) is 0 Å². The van der Waals surface area contributed by atoms with Crippen molar-refractivity contribution in [2.45, 2.75) is 37.3 Å². The quantitative estimate of drug-likeness (QED) is 0.767. The van der Waals surface area contributed by atoms with Gasteiger partial charge in [-0.3, -0.25) is 4.79 Å². The van der Waals surface area contributed by atoms with E-state index in [1.54, 1.807) is 7.11 Å². The van der Waals surface area contributed by atoms with Crippen molar-refractivity contribution in [1.29, 1.82) is 0 Å². The molecule has 0 aliphatic carbocycles. The normalized spacial score (nSPS) is 15.0. The average molecular weight is 356 g/mol. The molecule has 0 bridgehead atoms. The van der Waals surface area contributed by atoms with Crippen LogP contribution in [-0.2, 0) is 4.79 Å². The Morgan fingerprint density at radius 2 is 1.96 bits per heavy atom. The first kappa shape index (κ1) is 18.3. The monoisotopic (exact) mass is 355 g/mol. The maximum Gasteiger partial charge on any atom is 0.258 e. The molecule has 128 valence electrons. The lowest BCUT2D eigenvalue weighted by molar-refractivity contribution is -0.123. The number of nitrogens with one attached hydrogen (secondary N) is 1. The number of hydrogen-bond acceptors (Lipinski definition) is 5. The van der Waals surface area contributed by atoms with Crippen LogP contribution in [0.3, 0.4) is 0 Å². The zero-order chi connectivity index (χ0) is 16.7. The second kappa shape index (κ2) is 9.33. The maximum atomic E-state index is 11.9. The highest BCUT2D eigenvalue weighted by molar-refractivity contribution is 8.19. The molecule has 1 fully saturated rings. The number of methoxy groups -OCH3 is 1. The van der Waals surface area contributed by atoms with Crippen LogP contribution < -0.4 is 14.8 Å². The molecule has 0 aromatic heterocycles. The molecule has 23 heavy (non-hydrogen) atoms. The van der Waals surface area contributed by atoms with Crippen molar-refractivity contribution in [3.63, 3.8) is 0 Å². The van der Waals surface area contributed by atoms with Gasteiger partial charge in [-0.25, -0.2) is 0 Å². The van der Waals surface area contributed by atoms with Gasteiger partial charge in [-0.05, 0) is 30.5 Å². The lowest BCUT2D eigenvalue weighted by Gasteiger charge is -2.16. The third-order valence-electron chi connectivity index (χ3n) is 3.79. The van der Waals surface area contributed by atoms with Crippen LogP contribution in [-0.4, -0.2) is 37.2 Å². The minimum atomic E-state index is -0.0910. The van der Waals surface area contributed by atoms with E-state index in [2.05, 4.69) is 25.2 Å². The number of carbonyl (C=O) groups is 1. The first-order valence-electron chi connectivity index (χ1n) is 8.01. The van der Waals surface area contributed by atoms with Crippen molar-refractivity contribution in [2.24, 2.45) is 0 Å². The lowest BCUT2D eigenvalue weighted by Crippen LogP contribution is -2.37. The second-order valence-corrected chi connectivity index (χ2v) is 8.08. The summed E-state index contributed by atoms with van der Waals surface area (Å²) in [5.74, 6) is 3.58. The molecule has 1 N–H and O–H groups in total. The van der Waals surface area contributed by atoms with Gasteiger partial charge >= 0.3 is 0 Å². The highest BCUT2D eigenvalue weighted by atomic mass is 32.2. The Labute approximate surface area is 147 Å². The lowest BCUT2D eigenvalue weighted by atomic mass is 10.2. The average Bonchev–Trinajstić information content (AvgIpc) is 3.12. The van der Waals surface area contributed by atoms with E-state index in [1.807, 2.05) is 35.7 Å². The summed E-state index contributed by atoms with van der Waals surface area (Å²) in [5.41, 5.74) is 1.24. The third kappa shape index (κ3) is 5.24. The summed E-state index contributed by atoms with van der Waals surface area (Å²) in [4.78, 5) is 11.9. The predicted octanol–water partition coefficient (Wildman–Crippen LogP) is 3.86. The van der Waals surface area contributed by atoms with Crippen LogP contribution in [0.4, 0.5) is 0 Å². The van der Waals surface area contributed by atoms with Crippen molar-refractivity contribution in [2.75, 3.05) is 25.2 Å². The number of ether oxygens (including phenoxy) is 2. The van der Waals surface area contributed by atoms with Crippen LogP contribution in [0.15, 0.2) is 18.2 Å². The standard InChI is InChI=1S/C17H25NO3S2/c1-4-13(5-2)18-16(19)11-21-14-7-6-12(10-15(14)20-3)17-22-8-9-23-17/h6-7,10,13,17H,4-5,8-9,11H2,1-3H3,(H,18,19). The minimum Gasteiger partial charge on any atom is -0.493 e. The number of hydrogen-bond donors (Lipinski definition) is 1. The number of benzene rings is 1. The molecule has 0 unspecified atom stereocenters. The fourth-order valence-electron chi connectivity index (χ4n) is 2.41. The molecule has 6 heteroatoms. The topological polar surface area (TPSA) is 47.6 Å². The van der Waals surface area contributed by atoms with E-state index in [-0.39, 0.29) is 18.6 Å². The SMILES string of the molecule is CCC(CC)NC(=O)COc1ccc(C2SCCS2)cc1OC. The Morgan fingerprint density at radius 1 is 1.26 bits per heavy atom. The summed E-state index contributed by atoms with van der Waals surface area (Å²) >= 11 is 3.91. The fourth-order valence-corrected chi connectivity index (χ4v) is 5.24. The molecule has 0 spiro atoms. The highest BCUT2D eigenvalue weighted by Gasteiger charge is 2.20. The van der Waals surface area contributed by atoms with Crippen molar-refractivity contribution in [3.8, 4) is 11.5 Å². The minimum absolute atomic E-state index is 0.0130. The van der Waals surface area contributed by atoms with Crippen LogP contribution in [0.2, 0.25) is 0 Å². The number of carbonyl (C=O) groups excluding carboxylic acids is 1. The van der Waals surface area contributed by atoms with Gasteiger partial charge in [0.25, 0.3) is 5.91 Å². The zero-order valence-corrected chi connectivity index (χ0v) is 15.6. The van der Waals surface area contributed by atoms with Crippen molar-refractivity contribution in [3.05, 3.63) is 23.8 Å². The molecule has 2 rings (SSSR count). The van der Waals surface area contributed by atoms with Crippen LogP contribution in [0.25, 0.3) is 0 Å². The van der Waals surface area contributed by atoms with E-state index in [9.17, 15) is 4.79 Å². The smallest absolute Gasteiger partial charge is 0.258 e.